The van der Waals surface area contributed by atoms with Crippen LogP contribution in [0.2, 0.25) is 0 Å². The van der Waals surface area contributed by atoms with Crippen LogP contribution in [0.25, 0.3) is 0 Å². The van der Waals surface area contributed by atoms with Crippen molar-refractivity contribution in [1.82, 2.24) is 0 Å². The zero-order valence-electron chi connectivity index (χ0n) is 9.52. The van der Waals surface area contributed by atoms with Crippen LogP contribution in [0.3, 0.4) is 0 Å². The summed E-state index contributed by atoms with van der Waals surface area (Å²) < 4.78 is 5.62. The highest BCUT2D eigenvalue weighted by atomic mass is 79.9. The molecule has 2 heteroatoms. The van der Waals surface area contributed by atoms with Crippen LogP contribution in [-0.2, 0) is 4.74 Å². The first-order valence-electron chi connectivity index (χ1n) is 5.88. The summed E-state index contributed by atoms with van der Waals surface area (Å²) in [6.07, 6.45) is 8.32. The second-order valence-corrected chi connectivity index (χ2v) is 5.39. The summed E-state index contributed by atoms with van der Waals surface area (Å²) in [6.45, 7) is 5.65. The number of hydrogen-bond acceptors (Lipinski definition) is 1. The molecule has 84 valence electrons. The van der Waals surface area contributed by atoms with E-state index in [4.69, 9.17) is 4.74 Å². The molecule has 0 radical (unpaired) electrons. The van der Waals surface area contributed by atoms with Gasteiger partial charge in [0.1, 0.15) is 0 Å². The Hall–Kier alpha value is 0.440. The molecule has 14 heavy (non-hydrogen) atoms. The molecule has 1 heterocycles. The maximum absolute atomic E-state index is 5.62. The minimum Gasteiger partial charge on any atom is -0.378 e. The molecule has 1 saturated heterocycles. The Kier molecular flexibility index (Phi) is 5.47. The molecule has 0 spiro atoms. The summed E-state index contributed by atoms with van der Waals surface area (Å²) in [5.74, 6) is 0. The van der Waals surface area contributed by atoms with Gasteiger partial charge in [-0.3, -0.25) is 0 Å². The Labute approximate surface area is 96.7 Å². The Balaban J connectivity index is 2.12. The quantitative estimate of drug-likeness (QED) is 0.654. The maximum atomic E-state index is 5.62. The van der Waals surface area contributed by atoms with Gasteiger partial charge in [0, 0.05) is 11.9 Å². The van der Waals surface area contributed by atoms with E-state index in [1.165, 1.54) is 38.5 Å². The first-order chi connectivity index (χ1) is 6.70. The average Bonchev–Trinajstić information content (AvgIpc) is 2.70. The SMILES string of the molecule is CCC(C)(CBr)CCCC1CCCO1. The molecule has 0 aromatic carbocycles. The minimum atomic E-state index is 0.499. The highest BCUT2D eigenvalue weighted by Gasteiger charge is 2.21. The topological polar surface area (TPSA) is 9.23 Å². The summed E-state index contributed by atoms with van der Waals surface area (Å²) in [5.41, 5.74) is 0.499. The highest BCUT2D eigenvalue weighted by Crippen LogP contribution is 2.31. The summed E-state index contributed by atoms with van der Waals surface area (Å²) in [5, 5.41) is 1.13. The van der Waals surface area contributed by atoms with Gasteiger partial charge in [0.05, 0.1) is 6.10 Å². The van der Waals surface area contributed by atoms with Gasteiger partial charge >= 0.3 is 0 Å². The number of ether oxygens (including phenoxy) is 1. The monoisotopic (exact) mass is 262 g/mol. The molecule has 1 fully saturated rings. The van der Waals surface area contributed by atoms with Crippen molar-refractivity contribution in [2.75, 3.05) is 11.9 Å². The van der Waals surface area contributed by atoms with E-state index in [-0.39, 0.29) is 0 Å². The largest absolute Gasteiger partial charge is 0.378 e. The van der Waals surface area contributed by atoms with Gasteiger partial charge in [-0.1, -0.05) is 36.2 Å². The number of hydrogen-bond donors (Lipinski definition) is 0. The lowest BCUT2D eigenvalue weighted by Crippen LogP contribution is -2.17. The molecule has 1 rings (SSSR count). The van der Waals surface area contributed by atoms with Crippen LogP contribution in [0.15, 0.2) is 0 Å². The van der Waals surface area contributed by atoms with Gasteiger partial charge in [-0.25, -0.2) is 0 Å². The van der Waals surface area contributed by atoms with Gasteiger partial charge < -0.3 is 4.74 Å². The van der Waals surface area contributed by atoms with Crippen LogP contribution in [-0.4, -0.2) is 18.0 Å². The van der Waals surface area contributed by atoms with Gasteiger partial charge in [-0.2, -0.15) is 0 Å². The number of rotatable bonds is 6. The lowest BCUT2D eigenvalue weighted by Gasteiger charge is -2.26. The van der Waals surface area contributed by atoms with E-state index in [1.54, 1.807) is 0 Å². The van der Waals surface area contributed by atoms with E-state index in [2.05, 4.69) is 29.8 Å². The van der Waals surface area contributed by atoms with Crippen molar-refractivity contribution < 1.29 is 4.74 Å². The fourth-order valence-corrected chi connectivity index (χ4v) is 2.64. The lowest BCUT2D eigenvalue weighted by molar-refractivity contribution is 0.0987. The van der Waals surface area contributed by atoms with Crippen molar-refractivity contribution >= 4 is 15.9 Å². The van der Waals surface area contributed by atoms with Crippen molar-refractivity contribution in [3.05, 3.63) is 0 Å². The van der Waals surface area contributed by atoms with Gasteiger partial charge in [0.25, 0.3) is 0 Å². The van der Waals surface area contributed by atoms with Gasteiger partial charge in [-0.05, 0) is 37.5 Å². The van der Waals surface area contributed by atoms with E-state index in [9.17, 15) is 0 Å². The van der Waals surface area contributed by atoms with E-state index in [1.807, 2.05) is 0 Å². The molecule has 1 aliphatic rings. The zero-order chi connectivity index (χ0) is 10.4. The summed E-state index contributed by atoms with van der Waals surface area (Å²) in [6, 6.07) is 0. The average molecular weight is 263 g/mol. The van der Waals surface area contributed by atoms with Crippen LogP contribution in [0.1, 0.15) is 52.4 Å². The smallest absolute Gasteiger partial charge is 0.0576 e. The minimum absolute atomic E-state index is 0.499. The number of alkyl halides is 1. The molecule has 0 aromatic heterocycles. The number of halogens is 1. The Bertz CT molecular complexity index is 148. The second kappa shape index (κ2) is 6.12. The van der Waals surface area contributed by atoms with Crippen molar-refractivity contribution in [2.24, 2.45) is 5.41 Å². The maximum Gasteiger partial charge on any atom is 0.0576 e. The van der Waals surface area contributed by atoms with Crippen molar-refractivity contribution in [3.63, 3.8) is 0 Å². The molecule has 2 unspecified atom stereocenters. The molecule has 0 N–H and O–H groups in total. The second-order valence-electron chi connectivity index (χ2n) is 4.83. The van der Waals surface area contributed by atoms with E-state index in [0.29, 0.717) is 11.5 Å². The van der Waals surface area contributed by atoms with Crippen molar-refractivity contribution in [2.45, 2.75) is 58.5 Å². The molecule has 0 saturated carbocycles. The molecule has 1 aliphatic heterocycles. The van der Waals surface area contributed by atoms with Crippen LogP contribution >= 0.6 is 15.9 Å². The molecule has 1 nitrogen and oxygen atoms in total. The molecular weight excluding hydrogens is 240 g/mol. The van der Waals surface area contributed by atoms with Gasteiger partial charge in [-0.15, -0.1) is 0 Å². The Morgan fingerprint density at radius 3 is 2.79 bits per heavy atom. The Morgan fingerprint density at radius 1 is 1.50 bits per heavy atom. The van der Waals surface area contributed by atoms with Crippen LogP contribution in [0, 0.1) is 5.41 Å². The third-order valence-electron chi connectivity index (χ3n) is 3.51. The molecule has 0 aliphatic carbocycles. The van der Waals surface area contributed by atoms with Crippen molar-refractivity contribution in [1.29, 1.82) is 0 Å². The standard InChI is InChI=1S/C12H23BrO/c1-3-12(2,10-13)8-4-6-11-7-5-9-14-11/h11H,3-10H2,1-2H3. The molecule has 2 atom stereocenters. The normalized spacial score (nSPS) is 26.4. The molecule has 0 aromatic rings. The third-order valence-corrected chi connectivity index (χ3v) is 4.86. The lowest BCUT2D eigenvalue weighted by atomic mass is 9.84. The third kappa shape index (κ3) is 3.90. The predicted molar refractivity (Wildman–Crippen MR) is 65.0 cm³/mol. The fourth-order valence-electron chi connectivity index (χ4n) is 1.97. The van der Waals surface area contributed by atoms with Gasteiger partial charge in [0.15, 0.2) is 0 Å². The van der Waals surface area contributed by atoms with Gasteiger partial charge in [0.2, 0.25) is 0 Å². The Morgan fingerprint density at radius 2 is 2.29 bits per heavy atom. The molecule has 0 bridgehead atoms. The zero-order valence-corrected chi connectivity index (χ0v) is 11.1. The molecule has 0 amide bonds. The summed E-state index contributed by atoms with van der Waals surface area (Å²) in [7, 11) is 0. The van der Waals surface area contributed by atoms with Crippen molar-refractivity contribution in [3.8, 4) is 0 Å². The summed E-state index contributed by atoms with van der Waals surface area (Å²) >= 11 is 3.61. The predicted octanol–water partition coefficient (Wildman–Crippen LogP) is 4.15. The van der Waals surface area contributed by atoms with Crippen LogP contribution < -0.4 is 0 Å². The first kappa shape index (κ1) is 12.5. The van der Waals surface area contributed by atoms with E-state index in [0.717, 1.165) is 11.9 Å². The van der Waals surface area contributed by atoms with E-state index >= 15 is 0 Å². The first-order valence-corrected chi connectivity index (χ1v) is 7.00. The molecular formula is C12H23BrO. The highest BCUT2D eigenvalue weighted by molar-refractivity contribution is 9.09. The fraction of sp³-hybridized carbons (Fsp3) is 1.00. The van der Waals surface area contributed by atoms with E-state index < -0.39 is 0 Å². The van der Waals surface area contributed by atoms with Crippen LogP contribution in [0.4, 0.5) is 0 Å². The summed E-state index contributed by atoms with van der Waals surface area (Å²) in [4.78, 5) is 0. The van der Waals surface area contributed by atoms with Crippen LogP contribution in [0.5, 0.6) is 0 Å².